The van der Waals surface area contributed by atoms with Crippen molar-refractivity contribution in [2.24, 2.45) is 23.7 Å². The monoisotopic (exact) mass is 692 g/mol. The first-order valence-electron chi connectivity index (χ1n) is 19.5. The Balaban J connectivity index is 1.04. The molecule has 0 spiro atoms. The minimum Gasteiger partial charge on any atom is -0.382 e. The van der Waals surface area contributed by atoms with Crippen molar-refractivity contribution in [3.05, 3.63) is 145 Å². The van der Waals surface area contributed by atoms with E-state index in [1.54, 1.807) is 0 Å². The lowest BCUT2D eigenvalue weighted by atomic mass is 9.71. The molecule has 6 aliphatic heterocycles. The molecule has 2 unspecified atom stereocenters. The Hall–Kier alpha value is -4.20. The van der Waals surface area contributed by atoms with Gasteiger partial charge in [-0.3, -0.25) is 9.97 Å². The number of fused-ring (bicyclic) bond motifs is 8. The largest absolute Gasteiger partial charge is 0.382 e. The second kappa shape index (κ2) is 13.3. The molecule has 266 valence electrons. The van der Waals surface area contributed by atoms with Gasteiger partial charge < -0.3 is 19.2 Å². The van der Waals surface area contributed by atoms with Crippen molar-refractivity contribution in [3.63, 3.8) is 0 Å². The zero-order valence-electron chi connectivity index (χ0n) is 30.2. The minimum absolute atomic E-state index is 0.107. The van der Waals surface area contributed by atoms with Crippen LogP contribution in [0, 0.1) is 23.7 Å². The van der Waals surface area contributed by atoms with Crippen LogP contribution < -0.4 is 0 Å². The van der Waals surface area contributed by atoms with Crippen LogP contribution in [-0.2, 0) is 13.1 Å². The predicted molar refractivity (Wildman–Crippen MR) is 208 cm³/mol. The van der Waals surface area contributed by atoms with Gasteiger partial charge in [0.1, 0.15) is 37.4 Å². The van der Waals surface area contributed by atoms with Gasteiger partial charge in [0.05, 0.1) is 37.2 Å². The molecule has 6 heteroatoms. The summed E-state index contributed by atoms with van der Waals surface area (Å²) in [5.41, 5.74) is 6.54. The van der Waals surface area contributed by atoms with Crippen molar-refractivity contribution in [3.8, 4) is 0 Å². The van der Waals surface area contributed by atoms with Crippen LogP contribution in [0.5, 0.6) is 0 Å². The zero-order valence-corrected chi connectivity index (χ0v) is 30.2. The molecule has 6 aliphatic rings. The number of hydrogen-bond donors (Lipinski definition) is 2. The molecule has 3 aromatic carbocycles. The van der Waals surface area contributed by atoms with Crippen LogP contribution in [0.2, 0.25) is 0 Å². The molecule has 4 bridgehead atoms. The molecule has 6 saturated heterocycles. The number of aliphatic hydroxyl groups is 2. The van der Waals surface area contributed by atoms with E-state index in [4.69, 9.17) is 0 Å². The average molecular weight is 693 g/mol. The summed E-state index contributed by atoms with van der Waals surface area (Å²) in [7, 11) is 0. The number of piperidine rings is 6. The van der Waals surface area contributed by atoms with Crippen molar-refractivity contribution >= 4 is 21.8 Å². The van der Waals surface area contributed by atoms with Crippen molar-refractivity contribution in [1.82, 2.24) is 9.97 Å². The van der Waals surface area contributed by atoms with Gasteiger partial charge in [-0.15, -0.1) is 13.2 Å². The second-order valence-corrected chi connectivity index (χ2v) is 16.6. The fourth-order valence-electron chi connectivity index (χ4n) is 11.5. The third kappa shape index (κ3) is 5.63. The van der Waals surface area contributed by atoms with Crippen LogP contribution in [-0.4, -0.2) is 67.4 Å². The van der Waals surface area contributed by atoms with Crippen LogP contribution in [0.1, 0.15) is 60.1 Å². The summed E-state index contributed by atoms with van der Waals surface area (Å²) in [6.07, 6.45) is 11.3. The number of quaternary nitrogens is 2. The highest BCUT2D eigenvalue weighted by molar-refractivity contribution is 5.83. The first-order chi connectivity index (χ1) is 25.4. The number of hydrogen-bond acceptors (Lipinski definition) is 4. The maximum absolute atomic E-state index is 12.3. The van der Waals surface area contributed by atoms with Crippen molar-refractivity contribution in [2.45, 2.75) is 63.1 Å². The number of para-hydroxylation sites is 2. The smallest absolute Gasteiger partial charge is 0.131 e. The predicted octanol–water partition coefficient (Wildman–Crippen LogP) is 8.07. The normalized spacial score (nSPS) is 32.1. The van der Waals surface area contributed by atoms with Crippen molar-refractivity contribution in [1.29, 1.82) is 0 Å². The van der Waals surface area contributed by atoms with Gasteiger partial charge in [-0.1, -0.05) is 66.7 Å². The lowest BCUT2D eigenvalue weighted by Gasteiger charge is -2.58. The van der Waals surface area contributed by atoms with E-state index in [1.807, 2.05) is 60.9 Å². The summed E-state index contributed by atoms with van der Waals surface area (Å²) < 4.78 is 1.76. The van der Waals surface area contributed by atoms with Crippen LogP contribution in [0.25, 0.3) is 21.8 Å². The van der Waals surface area contributed by atoms with E-state index < -0.39 is 12.2 Å². The number of pyridine rings is 2. The number of aromatic nitrogens is 2. The molecular weight excluding hydrogens is 641 g/mol. The summed E-state index contributed by atoms with van der Waals surface area (Å²) in [5, 5.41) is 26.7. The summed E-state index contributed by atoms with van der Waals surface area (Å²) in [6, 6.07) is 30.0. The third-order valence-electron chi connectivity index (χ3n) is 14.1. The van der Waals surface area contributed by atoms with E-state index in [1.165, 1.54) is 24.0 Å². The molecule has 10 atom stereocenters. The van der Waals surface area contributed by atoms with Gasteiger partial charge in [0.15, 0.2) is 0 Å². The molecule has 6 fully saturated rings. The van der Waals surface area contributed by atoms with Gasteiger partial charge in [0.25, 0.3) is 0 Å². The molecule has 11 rings (SSSR count). The molecule has 0 aliphatic carbocycles. The number of aliphatic hydroxyl groups excluding tert-OH is 2. The highest BCUT2D eigenvalue weighted by Crippen LogP contribution is 2.50. The fourth-order valence-corrected chi connectivity index (χ4v) is 11.5. The molecule has 0 radical (unpaired) electrons. The maximum atomic E-state index is 12.3. The molecular formula is C46H52N4O2+2. The number of benzene rings is 3. The number of rotatable bonds is 10. The molecule has 6 nitrogen and oxygen atoms in total. The zero-order chi connectivity index (χ0) is 35.5. The van der Waals surface area contributed by atoms with Gasteiger partial charge in [-0.2, -0.15) is 0 Å². The Kier molecular flexibility index (Phi) is 8.62. The summed E-state index contributed by atoms with van der Waals surface area (Å²) >= 11 is 0. The molecule has 8 heterocycles. The first-order valence-corrected chi connectivity index (χ1v) is 19.5. The molecule has 0 saturated carbocycles. The fraction of sp³-hybridized carbons (Fsp3) is 0.391. The van der Waals surface area contributed by atoms with Crippen LogP contribution in [0.4, 0.5) is 0 Å². The first kappa shape index (κ1) is 33.6. The summed E-state index contributed by atoms with van der Waals surface area (Å²) in [6.45, 7) is 14.5. The van der Waals surface area contributed by atoms with Gasteiger partial charge in [-0.05, 0) is 53.3 Å². The highest BCUT2D eigenvalue weighted by atomic mass is 16.3. The van der Waals surface area contributed by atoms with Gasteiger partial charge in [0.2, 0.25) is 0 Å². The van der Waals surface area contributed by atoms with E-state index in [9.17, 15) is 10.2 Å². The van der Waals surface area contributed by atoms with Gasteiger partial charge in [-0.25, -0.2) is 0 Å². The van der Waals surface area contributed by atoms with E-state index in [0.717, 1.165) is 94.0 Å². The average Bonchev–Trinajstić information content (AvgIpc) is 3.19. The highest BCUT2D eigenvalue weighted by Gasteiger charge is 2.55. The van der Waals surface area contributed by atoms with E-state index in [2.05, 4.69) is 71.7 Å². The SMILES string of the molecule is C=C[C@H]1C[N+]2(Cc3cccc(C[N+]45CC[C@@H](C[C@@H]4[C@@H](O)c4ccnc6ccccc46)[C@@H](C=C)C5)c3)CC[C@H]1C[C@@H]2[C@@H](O)c1ccnc2ccccc12. The Labute approximate surface area is 308 Å². The third-order valence-corrected chi connectivity index (χ3v) is 14.1. The maximum Gasteiger partial charge on any atom is 0.131 e. The number of nitrogens with zero attached hydrogens (tertiary/aromatic N) is 4. The summed E-state index contributed by atoms with van der Waals surface area (Å²) in [4.78, 5) is 9.21. The van der Waals surface area contributed by atoms with Crippen molar-refractivity contribution in [2.75, 3.05) is 26.2 Å². The van der Waals surface area contributed by atoms with Crippen LogP contribution in [0.15, 0.2) is 123 Å². The lowest BCUT2D eigenvalue weighted by molar-refractivity contribution is -0.985. The lowest BCUT2D eigenvalue weighted by Crippen LogP contribution is -2.67. The Bertz CT molecular complexity index is 1980. The van der Waals surface area contributed by atoms with Gasteiger partial charge in [0, 0.05) is 71.8 Å². The van der Waals surface area contributed by atoms with Gasteiger partial charge >= 0.3 is 0 Å². The Morgan fingerprint density at radius 3 is 1.56 bits per heavy atom. The van der Waals surface area contributed by atoms with Crippen LogP contribution >= 0.6 is 0 Å². The molecule has 2 aromatic heterocycles. The topological polar surface area (TPSA) is 66.2 Å². The molecule has 0 amide bonds. The minimum atomic E-state index is -0.569. The Morgan fingerprint density at radius 2 is 1.10 bits per heavy atom. The molecule has 2 N–H and O–H groups in total. The summed E-state index contributed by atoms with van der Waals surface area (Å²) in [5.74, 6) is 2.05. The standard InChI is InChI=1S/C46H52N4O2/c1-3-33-29-49(22-18-35(33)25-43(49)45(51)39-16-20-47-41-14-7-5-12-37(39)41)27-31-10-9-11-32(24-31)28-50-23-19-36(34(4-2)30-50)26-44(50)46(52)40-17-21-48-42-15-8-6-13-38(40)42/h3-17,20-21,24,33-36,43-46,51-52H,1-2,18-19,22-23,25-30H2/q+2/t33-,34-,35-,36-,43+,44+,45-,46-,49?,50?/m0/s1. The Morgan fingerprint density at radius 1 is 0.635 bits per heavy atom. The second-order valence-electron chi connectivity index (χ2n) is 16.6. The molecule has 5 aromatic rings. The van der Waals surface area contributed by atoms with Crippen LogP contribution in [0.3, 0.4) is 0 Å². The van der Waals surface area contributed by atoms with Crippen molar-refractivity contribution < 1.29 is 19.2 Å². The molecule has 52 heavy (non-hydrogen) atoms. The quantitative estimate of drug-likeness (QED) is 0.115. The van der Waals surface area contributed by atoms with E-state index >= 15 is 0 Å². The van der Waals surface area contributed by atoms with E-state index in [0.29, 0.717) is 23.7 Å². The van der Waals surface area contributed by atoms with E-state index in [-0.39, 0.29) is 12.1 Å².